The van der Waals surface area contributed by atoms with Crippen LogP contribution in [0, 0.1) is 13.8 Å². The van der Waals surface area contributed by atoms with Crippen LogP contribution in [-0.4, -0.2) is 4.98 Å². The van der Waals surface area contributed by atoms with Crippen LogP contribution in [-0.2, 0) is 0 Å². The molecule has 1 heterocycles. The third-order valence-corrected chi connectivity index (χ3v) is 2.07. The van der Waals surface area contributed by atoms with E-state index in [4.69, 9.17) is 4.42 Å². The number of fused-ring (bicyclic) bond motifs is 1. The molecule has 2 rings (SSSR count). The summed E-state index contributed by atoms with van der Waals surface area (Å²) in [5.41, 5.74) is 1.31. The van der Waals surface area contributed by atoms with Gasteiger partial charge in [0.2, 0.25) is 0 Å². The summed E-state index contributed by atoms with van der Waals surface area (Å²) in [6.07, 6.45) is 0. The zero-order valence-corrected chi connectivity index (χ0v) is 7.88. The average molecular weight is 191 g/mol. The van der Waals surface area contributed by atoms with Crippen LogP contribution < -0.4 is 11.2 Å². The molecule has 72 valence electrons. The molecule has 0 bridgehead atoms. The van der Waals surface area contributed by atoms with E-state index in [0.717, 1.165) is 11.1 Å². The monoisotopic (exact) mass is 191 g/mol. The Kier molecular flexibility index (Phi) is 1.77. The molecule has 0 spiro atoms. The number of hydrogen-bond acceptors (Lipinski definition) is 3. The number of H-pyrrole nitrogens is 1. The second kappa shape index (κ2) is 2.83. The zero-order valence-electron chi connectivity index (χ0n) is 7.88. The fourth-order valence-corrected chi connectivity index (χ4v) is 1.48. The van der Waals surface area contributed by atoms with Gasteiger partial charge in [-0.2, -0.15) is 0 Å². The van der Waals surface area contributed by atoms with Crippen LogP contribution >= 0.6 is 0 Å². The molecule has 0 unspecified atom stereocenters. The summed E-state index contributed by atoms with van der Waals surface area (Å²) in [6.45, 7) is 3.75. The summed E-state index contributed by atoms with van der Waals surface area (Å²) >= 11 is 0. The van der Waals surface area contributed by atoms with Gasteiger partial charge in [0.1, 0.15) is 0 Å². The van der Waals surface area contributed by atoms with Crippen molar-refractivity contribution in [2.45, 2.75) is 13.8 Å². The van der Waals surface area contributed by atoms with Gasteiger partial charge in [-0.25, -0.2) is 4.79 Å². The van der Waals surface area contributed by atoms with Gasteiger partial charge in [0.25, 0.3) is 0 Å². The van der Waals surface area contributed by atoms with Gasteiger partial charge < -0.3 is 9.40 Å². The maximum atomic E-state index is 11.0. The average Bonchev–Trinajstić information content (AvgIpc) is 2.08. The molecule has 0 atom stereocenters. The quantitative estimate of drug-likeness (QED) is 0.634. The predicted molar refractivity (Wildman–Crippen MR) is 52.6 cm³/mol. The number of aryl methyl sites for hydroxylation is 2. The van der Waals surface area contributed by atoms with Crippen molar-refractivity contribution < 1.29 is 4.42 Å². The lowest BCUT2D eigenvalue weighted by Gasteiger charge is -2.01. The molecule has 0 saturated heterocycles. The molecule has 0 fully saturated rings. The lowest BCUT2D eigenvalue weighted by atomic mass is 10.1. The van der Waals surface area contributed by atoms with Crippen LogP contribution in [0.4, 0.5) is 0 Å². The third kappa shape index (κ3) is 1.25. The van der Waals surface area contributed by atoms with Crippen molar-refractivity contribution in [1.29, 1.82) is 0 Å². The first-order valence-corrected chi connectivity index (χ1v) is 4.22. The minimum atomic E-state index is -0.859. The SMILES string of the molecule is Cc1cc(C)c2[nH]c(=O)c(=O)oc2c1. The first-order chi connectivity index (χ1) is 6.58. The van der Waals surface area contributed by atoms with E-state index < -0.39 is 11.2 Å². The number of aromatic amines is 1. The predicted octanol–water partition coefficient (Wildman–Crippen LogP) is 1.10. The minimum Gasteiger partial charge on any atom is -0.417 e. The van der Waals surface area contributed by atoms with Gasteiger partial charge >= 0.3 is 11.2 Å². The normalized spacial score (nSPS) is 10.7. The summed E-state index contributed by atoms with van der Waals surface area (Å²) in [7, 11) is 0. The summed E-state index contributed by atoms with van der Waals surface area (Å²) in [5, 5.41) is 0. The molecular formula is C10H9NO3. The molecule has 1 aromatic heterocycles. The van der Waals surface area contributed by atoms with Gasteiger partial charge in [-0.3, -0.25) is 4.79 Å². The highest BCUT2D eigenvalue weighted by Crippen LogP contribution is 2.15. The zero-order chi connectivity index (χ0) is 10.3. The number of aromatic nitrogens is 1. The number of hydrogen-bond donors (Lipinski definition) is 1. The van der Waals surface area contributed by atoms with Gasteiger partial charge in [0.15, 0.2) is 5.58 Å². The standard InChI is InChI=1S/C10H9NO3/c1-5-3-6(2)8-7(4-5)14-10(13)9(12)11-8/h3-4H,1-2H3,(H,11,12). The van der Waals surface area contributed by atoms with Crippen molar-refractivity contribution in [3.63, 3.8) is 0 Å². The highest BCUT2D eigenvalue weighted by Gasteiger charge is 2.04. The van der Waals surface area contributed by atoms with E-state index in [1.54, 1.807) is 6.07 Å². The Labute approximate surface area is 79.2 Å². The first kappa shape index (κ1) is 8.74. The largest absolute Gasteiger partial charge is 0.417 e. The van der Waals surface area contributed by atoms with Gasteiger partial charge in [-0.15, -0.1) is 0 Å². The second-order valence-electron chi connectivity index (χ2n) is 3.30. The van der Waals surface area contributed by atoms with Crippen molar-refractivity contribution in [3.05, 3.63) is 44.0 Å². The van der Waals surface area contributed by atoms with Crippen molar-refractivity contribution in [1.82, 2.24) is 4.98 Å². The smallest absolute Gasteiger partial charge is 0.402 e. The second-order valence-corrected chi connectivity index (χ2v) is 3.30. The summed E-state index contributed by atoms with van der Waals surface area (Å²) in [4.78, 5) is 24.4. The third-order valence-electron chi connectivity index (χ3n) is 2.07. The highest BCUT2D eigenvalue weighted by molar-refractivity contribution is 5.76. The van der Waals surface area contributed by atoms with E-state index in [0.29, 0.717) is 11.1 Å². The van der Waals surface area contributed by atoms with Crippen molar-refractivity contribution >= 4 is 11.1 Å². The number of nitrogens with one attached hydrogen (secondary N) is 1. The minimum absolute atomic E-state index is 0.423. The molecule has 0 aliphatic heterocycles. The van der Waals surface area contributed by atoms with Gasteiger partial charge in [-0.05, 0) is 31.0 Å². The lowest BCUT2D eigenvalue weighted by molar-refractivity contribution is 0.545. The lowest BCUT2D eigenvalue weighted by Crippen LogP contribution is -2.25. The summed E-state index contributed by atoms with van der Waals surface area (Å²) in [5.74, 6) is 0. The Morgan fingerprint density at radius 1 is 1.21 bits per heavy atom. The summed E-state index contributed by atoms with van der Waals surface area (Å²) in [6, 6.07) is 3.64. The van der Waals surface area contributed by atoms with Gasteiger partial charge in [-0.1, -0.05) is 6.07 Å². The molecule has 4 heteroatoms. The summed E-state index contributed by atoms with van der Waals surface area (Å²) < 4.78 is 4.85. The first-order valence-electron chi connectivity index (χ1n) is 4.22. The van der Waals surface area contributed by atoms with Crippen LogP contribution in [0.5, 0.6) is 0 Å². The van der Waals surface area contributed by atoms with E-state index in [2.05, 4.69) is 4.98 Å². The molecular weight excluding hydrogens is 182 g/mol. The van der Waals surface area contributed by atoms with Crippen molar-refractivity contribution in [2.24, 2.45) is 0 Å². The van der Waals surface area contributed by atoms with E-state index in [1.165, 1.54) is 0 Å². The molecule has 1 N–H and O–H groups in total. The Hall–Kier alpha value is -1.84. The Bertz CT molecular complexity index is 607. The van der Waals surface area contributed by atoms with Gasteiger partial charge in [0, 0.05) is 0 Å². The Morgan fingerprint density at radius 3 is 2.64 bits per heavy atom. The molecule has 0 aliphatic carbocycles. The molecule has 0 aliphatic rings. The Balaban J connectivity index is 3.03. The van der Waals surface area contributed by atoms with E-state index in [-0.39, 0.29) is 0 Å². The van der Waals surface area contributed by atoms with Crippen LogP contribution in [0.15, 0.2) is 26.1 Å². The van der Waals surface area contributed by atoms with E-state index >= 15 is 0 Å². The maximum Gasteiger partial charge on any atom is 0.402 e. The topological polar surface area (TPSA) is 63.1 Å². The molecule has 0 saturated carbocycles. The number of benzene rings is 1. The molecule has 4 nitrogen and oxygen atoms in total. The van der Waals surface area contributed by atoms with Crippen LogP contribution in [0.1, 0.15) is 11.1 Å². The van der Waals surface area contributed by atoms with Crippen LogP contribution in [0.25, 0.3) is 11.1 Å². The van der Waals surface area contributed by atoms with Crippen LogP contribution in [0.2, 0.25) is 0 Å². The maximum absolute atomic E-state index is 11.0. The Morgan fingerprint density at radius 2 is 1.93 bits per heavy atom. The number of rotatable bonds is 0. The molecule has 14 heavy (non-hydrogen) atoms. The molecule has 0 amide bonds. The fourth-order valence-electron chi connectivity index (χ4n) is 1.48. The molecule has 1 aromatic carbocycles. The molecule has 2 aromatic rings. The van der Waals surface area contributed by atoms with Crippen LogP contribution in [0.3, 0.4) is 0 Å². The highest BCUT2D eigenvalue weighted by atomic mass is 16.4. The molecule has 0 radical (unpaired) electrons. The van der Waals surface area contributed by atoms with Crippen molar-refractivity contribution in [2.75, 3.05) is 0 Å². The van der Waals surface area contributed by atoms with Gasteiger partial charge in [0.05, 0.1) is 5.52 Å². The van der Waals surface area contributed by atoms with E-state index in [1.807, 2.05) is 19.9 Å². The fraction of sp³-hybridized carbons (Fsp3) is 0.200. The van der Waals surface area contributed by atoms with E-state index in [9.17, 15) is 9.59 Å². The van der Waals surface area contributed by atoms with Crippen molar-refractivity contribution in [3.8, 4) is 0 Å².